The lowest BCUT2D eigenvalue weighted by atomic mass is 10.2. The van der Waals surface area contributed by atoms with Crippen LogP contribution in [0.25, 0.3) is 0 Å². The predicted octanol–water partition coefficient (Wildman–Crippen LogP) is 2.48. The lowest BCUT2D eigenvalue weighted by molar-refractivity contribution is -0.137. The molecule has 0 radical (unpaired) electrons. The van der Waals surface area contributed by atoms with Gasteiger partial charge in [0.25, 0.3) is 0 Å². The fourth-order valence-electron chi connectivity index (χ4n) is 1.54. The van der Waals surface area contributed by atoms with Gasteiger partial charge < -0.3 is 15.2 Å². The van der Waals surface area contributed by atoms with E-state index in [1.165, 1.54) is 0 Å². The summed E-state index contributed by atoms with van der Waals surface area (Å²) < 4.78 is 5.42. The zero-order valence-electron chi connectivity index (χ0n) is 11.1. The molecule has 1 aromatic rings. The molecule has 0 saturated heterocycles. The smallest absolute Gasteiger partial charge is 0.303 e. The number of aliphatic carboxylic acids is 1. The average Bonchev–Trinajstić information content (AvgIpc) is 2.41. The van der Waals surface area contributed by atoms with Gasteiger partial charge in [0.2, 0.25) is 5.91 Å². The number of hydrogen-bond donors (Lipinski definition) is 2. The highest BCUT2D eigenvalue weighted by molar-refractivity contribution is 6.30. The third-order valence-electron chi connectivity index (χ3n) is 2.55. The summed E-state index contributed by atoms with van der Waals surface area (Å²) in [6, 6.07) is 6.99. The van der Waals surface area contributed by atoms with Gasteiger partial charge in [0.05, 0.1) is 6.54 Å². The second-order valence-corrected chi connectivity index (χ2v) is 4.69. The van der Waals surface area contributed by atoms with Gasteiger partial charge in [-0.3, -0.25) is 9.59 Å². The molecule has 0 aliphatic heterocycles. The number of benzene rings is 1. The van der Waals surface area contributed by atoms with Crippen LogP contribution in [0.4, 0.5) is 0 Å². The summed E-state index contributed by atoms with van der Waals surface area (Å²) in [6.07, 6.45) is 1.54. The van der Waals surface area contributed by atoms with E-state index in [9.17, 15) is 9.59 Å². The SMILES string of the molecule is O=C(O)CCCCC(=O)NCCOc1ccc(Cl)cc1. The normalized spacial score (nSPS) is 10.1. The van der Waals surface area contributed by atoms with Crippen molar-refractivity contribution < 1.29 is 19.4 Å². The van der Waals surface area contributed by atoms with Crippen LogP contribution >= 0.6 is 11.6 Å². The summed E-state index contributed by atoms with van der Waals surface area (Å²) in [5, 5.41) is 11.8. The molecule has 0 atom stereocenters. The summed E-state index contributed by atoms with van der Waals surface area (Å²) >= 11 is 5.75. The fraction of sp³-hybridized carbons (Fsp3) is 0.429. The van der Waals surface area contributed by atoms with E-state index in [2.05, 4.69) is 5.32 Å². The minimum Gasteiger partial charge on any atom is -0.492 e. The van der Waals surface area contributed by atoms with Gasteiger partial charge in [0.15, 0.2) is 0 Å². The summed E-state index contributed by atoms with van der Waals surface area (Å²) in [6.45, 7) is 0.795. The van der Waals surface area contributed by atoms with Gasteiger partial charge in [-0.2, -0.15) is 0 Å². The Bertz CT molecular complexity index is 433. The van der Waals surface area contributed by atoms with Crippen LogP contribution in [-0.2, 0) is 9.59 Å². The number of amides is 1. The van der Waals surface area contributed by atoms with Crippen LogP contribution in [0.15, 0.2) is 24.3 Å². The largest absolute Gasteiger partial charge is 0.492 e. The predicted molar refractivity (Wildman–Crippen MR) is 76.1 cm³/mol. The first-order valence-electron chi connectivity index (χ1n) is 6.45. The molecule has 0 unspecified atom stereocenters. The Balaban J connectivity index is 2.04. The first kappa shape index (κ1) is 16.3. The van der Waals surface area contributed by atoms with Crippen LogP contribution in [0.1, 0.15) is 25.7 Å². The third kappa shape index (κ3) is 7.63. The molecule has 0 spiro atoms. The van der Waals surface area contributed by atoms with Crippen molar-refractivity contribution in [3.63, 3.8) is 0 Å². The zero-order chi connectivity index (χ0) is 14.8. The monoisotopic (exact) mass is 299 g/mol. The third-order valence-corrected chi connectivity index (χ3v) is 2.80. The lowest BCUT2D eigenvalue weighted by Crippen LogP contribution is -2.27. The number of hydrogen-bond acceptors (Lipinski definition) is 3. The summed E-state index contributed by atoms with van der Waals surface area (Å²) in [4.78, 5) is 21.7. The molecule has 0 aliphatic rings. The van der Waals surface area contributed by atoms with Gasteiger partial charge in [-0.25, -0.2) is 0 Å². The lowest BCUT2D eigenvalue weighted by Gasteiger charge is -2.07. The number of carboxylic acid groups (broad SMARTS) is 1. The van der Waals surface area contributed by atoms with Crippen LogP contribution in [0.3, 0.4) is 0 Å². The van der Waals surface area contributed by atoms with Crippen molar-refractivity contribution in [1.82, 2.24) is 5.32 Å². The van der Waals surface area contributed by atoms with E-state index in [0.717, 1.165) is 0 Å². The average molecular weight is 300 g/mol. The van der Waals surface area contributed by atoms with Gasteiger partial charge in [0, 0.05) is 17.9 Å². The van der Waals surface area contributed by atoms with Crippen molar-refractivity contribution in [1.29, 1.82) is 0 Å². The maximum Gasteiger partial charge on any atom is 0.303 e. The van der Waals surface area contributed by atoms with Gasteiger partial charge in [-0.05, 0) is 37.1 Å². The molecule has 2 N–H and O–H groups in total. The Labute approximate surface area is 122 Å². The van der Waals surface area contributed by atoms with Crippen LogP contribution in [0.5, 0.6) is 5.75 Å². The molecule has 0 fully saturated rings. The molecular formula is C14H18ClNO4. The maximum absolute atomic E-state index is 11.4. The van der Waals surface area contributed by atoms with Gasteiger partial charge in [-0.1, -0.05) is 11.6 Å². The van der Waals surface area contributed by atoms with Crippen LogP contribution < -0.4 is 10.1 Å². The molecule has 0 heterocycles. The molecule has 1 aromatic carbocycles. The Hall–Kier alpha value is -1.75. The van der Waals surface area contributed by atoms with E-state index < -0.39 is 5.97 Å². The fourth-order valence-corrected chi connectivity index (χ4v) is 1.67. The second-order valence-electron chi connectivity index (χ2n) is 4.25. The van der Waals surface area contributed by atoms with Crippen molar-refractivity contribution in [3.8, 4) is 5.75 Å². The number of rotatable bonds is 9. The maximum atomic E-state index is 11.4. The molecule has 110 valence electrons. The molecule has 5 nitrogen and oxygen atoms in total. The molecule has 0 saturated carbocycles. The summed E-state index contributed by atoms with van der Waals surface area (Å²) in [5.41, 5.74) is 0. The second kappa shape index (κ2) is 9.20. The molecule has 0 aromatic heterocycles. The van der Waals surface area contributed by atoms with E-state index in [1.807, 2.05) is 0 Å². The van der Waals surface area contributed by atoms with E-state index in [4.69, 9.17) is 21.4 Å². The number of halogens is 1. The number of unbranched alkanes of at least 4 members (excludes halogenated alkanes) is 1. The number of carbonyl (C=O) groups is 2. The number of carbonyl (C=O) groups excluding carboxylic acids is 1. The van der Waals surface area contributed by atoms with Gasteiger partial charge in [0.1, 0.15) is 12.4 Å². The van der Waals surface area contributed by atoms with Gasteiger partial charge in [-0.15, -0.1) is 0 Å². The van der Waals surface area contributed by atoms with Crippen molar-refractivity contribution in [2.75, 3.05) is 13.2 Å². The molecule has 20 heavy (non-hydrogen) atoms. The first-order valence-corrected chi connectivity index (χ1v) is 6.82. The van der Waals surface area contributed by atoms with E-state index in [1.54, 1.807) is 24.3 Å². The first-order chi connectivity index (χ1) is 9.58. The van der Waals surface area contributed by atoms with E-state index in [-0.39, 0.29) is 12.3 Å². The van der Waals surface area contributed by atoms with Gasteiger partial charge >= 0.3 is 5.97 Å². The van der Waals surface area contributed by atoms with Crippen LogP contribution in [0.2, 0.25) is 5.02 Å². The van der Waals surface area contributed by atoms with Crippen molar-refractivity contribution >= 4 is 23.5 Å². The highest BCUT2D eigenvalue weighted by Gasteiger charge is 2.02. The molecule has 0 bridgehead atoms. The Morgan fingerprint density at radius 1 is 1.15 bits per heavy atom. The quantitative estimate of drug-likeness (QED) is 0.687. The van der Waals surface area contributed by atoms with E-state index in [0.29, 0.717) is 43.2 Å². The Kier molecular flexibility index (Phi) is 7.50. The molecule has 1 amide bonds. The molecule has 0 aliphatic carbocycles. The van der Waals surface area contributed by atoms with E-state index >= 15 is 0 Å². The standard InChI is InChI=1S/C14H18ClNO4/c15-11-5-7-12(8-6-11)20-10-9-16-13(17)3-1-2-4-14(18)19/h5-8H,1-4,9-10H2,(H,16,17)(H,18,19). The minimum atomic E-state index is -0.832. The number of nitrogens with one attached hydrogen (secondary N) is 1. The zero-order valence-corrected chi connectivity index (χ0v) is 11.9. The number of ether oxygens (including phenoxy) is 1. The highest BCUT2D eigenvalue weighted by Crippen LogP contribution is 2.15. The van der Waals surface area contributed by atoms with Crippen molar-refractivity contribution in [2.45, 2.75) is 25.7 Å². The van der Waals surface area contributed by atoms with Crippen molar-refractivity contribution in [2.24, 2.45) is 0 Å². The highest BCUT2D eigenvalue weighted by atomic mass is 35.5. The van der Waals surface area contributed by atoms with Crippen LogP contribution in [0, 0.1) is 0 Å². The Morgan fingerprint density at radius 2 is 1.80 bits per heavy atom. The van der Waals surface area contributed by atoms with Crippen LogP contribution in [-0.4, -0.2) is 30.1 Å². The summed E-state index contributed by atoms with van der Waals surface area (Å²) in [5.74, 6) is -0.220. The topological polar surface area (TPSA) is 75.6 Å². The minimum absolute atomic E-state index is 0.0879. The number of carboxylic acids is 1. The van der Waals surface area contributed by atoms with Crippen molar-refractivity contribution in [3.05, 3.63) is 29.3 Å². The molecule has 6 heteroatoms. The molecular weight excluding hydrogens is 282 g/mol. The Morgan fingerprint density at radius 3 is 2.45 bits per heavy atom. The summed E-state index contributed by atoms with van der Waals surface area (Å²) in [7, 11) is 0. The molecule has 1 rings (SSSR count).